The van der Waals surface area contributed by atoms with Crippen LogP contribution in [-0.4, -0.2) is 22.8 Å². The van der Waals surface area contributed by atoms with E-state index in [2.05, 4.69) is 5.16 Å². The van der Waals surface area contributed by atoms with Crippen molar-refractivity contribution in [3.63, 3.8) is 0 Å². The molecule has 0 aromatic carbocycles. The van der Waals surface area contributed by atoms with E-state index < -0.39 is 12.1 Å². The summed E-state index contributed by atoms with van der Waals surface area (Å²) in [6.45, 7) is 3.66. The van der Waals surface area contributed by atoms with Gasteiger partial charge in [0.1, 0.15) is 5.71 Å². The Balaban J connectivity index is 2.59. The largest absolute Gasteiger partial charge is 0.380 e. The van der Waals surface area contributed by atoms with Crippen molar-refractivity contribution in [2.45, 2.75) is 38.8 Å². The molecule has 14 heavy (non-hydrogen) atoms. The first-order valence-corrected chi connectivity index (χ1v) is 4.67. The molecule has 2 unspecified atom stereocenters. The van der Waals surface area contributed by atoms with Gasteiger partial charge in [-0.1, -0.05) is 24.6 Å². The van der Waals surface area contributed by atoms with Gasteiger partial charge in [-0.25, -0.2) is 0 Å². The molecule has 0 saturated heterocycles. The van der Waals surface area contributed by atoms with Crippen molar-refractivity contribution in [1.29, 1.82) is 0 Å². The van der Waals surface area contributed by atoms with Crippen LogP contribution in [0, 0.1) is 10.1 Å². The van der Waals surface area contributed by atoms with Crippen LogP contribution < -0.4 is 0 Å². The lowest BCUT2D eigenvalue weighted by Crippen LogP contribution is -2.34. The molecule has 0 bridgehead atoms. The van der Waals surface area contributed by atoms with E-state index in [-0.39, 0.29) is 4.92 Å². The molecular weight excluding hydrogens is 184 g/mol. The maximum atomic E-state index is 10.7. The van der Waals surface area contributed by atoms with Crippen LogP contribution >= 0.6 is 0 Å². The van der Waals surface area contributed by atoms with Crippen LogP contribution in [0.4, 0.5) is 0 Å². The van der Waals surface area contributed by atoms with Crippen LogP contribution in [0.1, 0.15) is 26.7 Å². The quantitative estimate of drug-likeness (QED) is 0.393. The van der Waals surface area contributed by atoms with Crippen molar-refractivity contribution in [2.75, 3.05) is 0 Å². The van der Waals surface area contributed by atoms with Gasteiger partial charge in [0.15, 0.2) is 0 Å². The highest BCUT2D eigenvalue weighted by atomic mass is 16.7. The molecule has 0 aromatic heterocycles. The molecule has 0 aliphatic carbocycles. The molecule has 0 saturated carbocycles. The van der Waals surface area contributed by atoms with Crippen molar-refractivity contribution in [3.05, 3.63) is 22.3 Å². The fourth-order valence-electron chi connectivity index (χ4n) is 1.30. The van der Waals surface area contributed by atoms with Gasteiger partial charge in [0.05, 0.1) is 0 Å². The summed E-state index contributed by atoms with van der Waals surface area (Å²) in [6.07, 6.45) is 5.01. The van der Waals surface area contributed by atoms with E-state index in [0.717, 1.165) is 12.8 Å². The Morgan fingerprint density at radius 2 is 2.43 bits per heavy atom. The molecule has 0 aromatic rings. The lowest BCUT2D eigenvalue weighted by molar-refractivity contribution is -0.509. The Hall–Kier alpha value is -1.39. The van der Waals surface area contributed by atoms with Gasteiger partial charge >= 0.3 is 0 Å². The van der Waals surface area contributed by atoms with Gasteiger partial charge < -0.3 is 4.84 Å². The fraction of sp³-hybridized carbons (Fsp3) is 0.667. The molecule has 5 nitrogen and oxygen atoms in total. The predicted molar refractivity (Wildman–Crippen MR) is 52.8 cm³/mol. The van der Waals surface area contributed by atoms with Gasteiger partial charge in [-0.05, 0) is 19.4 Å². The van der Waals surface area contributed by atoms with Crippen LogP contribution in [0.5, 0.6) is 0 Å². The summed E-state index contributed by atoms with van der Waals surface area (Å²) in [5, 5.41) is 14.3. The van der Waals surface area contributed by atoms with Crippen molar-refractivity contribution < 1.29 is 9.76 Å². The van der Waals surface area contributed by atoms with Crippen LogP contribution in [0.3, 0.4) is 0 Å². The van der Waals surface area contributed by atoms with Gasteiger partial charge in [-0.3, -0.25) is 10.1 Å². The smallest absolute Gasteiger partial charge is 0.296 e. The zero-order chi connectivity index (χ0) is 10.6. The predicted octanol–water partition coefficient (Wildman–Crippen LogP) is 1.76. The molecule has 1 rings (SSSR count). The van der Waals surface area contributed by atoms with Gasteiger partial charge in [0, 0.05) is 4.92 Å². The van der Waals surface area contributed by atoms with Crippen LogP contribution in [-0.2, 0) is 4.84 Å². The van der Waals surface area contributed by atoms with Crippen molar-refractivity contribution in [3.8, 4) is 0 Å². The number of hydrogen-bond donors (Lipinski definition) is 0. The van der Waals surface area contributed by atoms with E-state index in [9.17, 15) is 10.1 Å². The SMILES string of the molecule is CCC/C=C/C1ON=C(C)C1[N+](=O)[O-]. The van der Waals surface area contributed by atoms with Crippen molar-refractivity contribution >= 4 is 5.71 Å². The minimum atomic E-state index is -0.817. The van der Waals surface area contributed by atoms with Crippen LogP contribution in [0.15, 0.2) is 17.3 Å². The topological polar surface area (TPSA) is 64.7 Å². The zero-order valence-corrected chi connectivity index (χ0v) is 8.34. The first-order valence-electron chi connectivity index (χ1n) is 4.67. The molecule has 0 amide bonds. The summed E-state index contributed by atoms with van der Waals surface area (Å²) in [5.74, 6) is 0. The number of allylic oxidation sites excluding steroid dienone is 1. The minimum Gasteiger partial charge on any atom is -0.380 e. The Morgan fingerprint density at radius 3 is 3.00 bits per heavy atom. The standard InChI is InChI=1S/C9H14N2O3/c1-3-4-5-6-8-9(11(12)13)7(2)10-14-8/h5-6,8-9H,3-4H2,1-2H3/b6-5+. The average molecular weight is 198 g/mol. The maximum absolute atomic E-state index is 10.7. The van der Waals surface area contributed by atoms with Crippen LogP contribution in [0.25, 0.3) is 0 Å². The number of hydrogen-bond acceptors (Lipinski definition) is 4. The lowest BCUT2D eigenvalue weighted by Gasteiger charge is -2.06. The number of nitrogens with zero attached hydrogens (tertiary/aromatic N) is 2. The Labute approximate surface area is 82.6 Å². The normalized spacial score (nSPS) is 26.3. The Kier molecular flexibility index (Phi) is 3.62. The van der Waals surface area contributed by atoms with Gasteiger partial charge in [0.2, 0.25) is 6.10 Å². The van der Waals surface area contributed by atoms with Gasteiger partial charge in [-0.15, -0.1) is 0 Å². The minimum absolute atomic E-state index is 0.354. The number of nitro groups is 1. The lowest BCUT2D eigenvalue weighted by atomic mass is 10.1. The molecule has 5 heteroatoms. The third-order valence-corrected chi connectivity index (χ3v) is 2.07. The molecule has 1 heterocycles. The Bertz CT molecular complexity index is 273. The Morgan fingerprint density at radius 1 is 1.71 bits per heavy atom. The van der Waals surface area contributed by atoms with E-state index in [1.54, 1.807) is 13.0 Å². The highest BCUT2D eigenvalue weighted by molar-refractivity contribution is 5.87. The summed E-state index contributed by atoms with van der Waals surface area (Å²) >= 11 is 0. The number of rotatable bonds is 4. The second-order valence-corrected chi connectivity index (χ2v) is 3.25. The molecule has 78 valence electrons. The number of oxime groups is 1. The summed E-state index contributed by atoms with van der Waals surface area (Å²) in [5.41, 5.74) is 0.432. The van der Waals surface area contributed by atoms with E-state index in [1.807, 2.05) is 13.0 Å². The third-order valence-electron chi connectivity index (χ3n) is 2.07. The molecule has 2 atom stereocenters. The van der Waals surface area contributed by atoms with Gasteiger partial charge in [-0.2, -0.15) is 0 Å². The summed E-state index contributed by atoms with van der Waals surface area (Å²) < 4.78 is 0. The summed E-state index contributed by atoms with van der Waals surface area (Å²) in [7, 11) is 0. The molecule has 0 N–H and O–H groups in total. The second-order valence-electron chi connectivity index (χ2n) is 3.25. The molecule has 1 aliphatic rings. The van der Waals surface area contributed by atoms with Crippen molar-refractivity contribution in [1.82, 2.24) is 0 Å². The summed E-state index contributed by atoms with van der Waals surface area (Å²) in [4.78, 5) is 15.3. The monoisotopic (exact) mass is 198 g/mol. The zero-order valence-electron chi connectivity index (χ0n) is 8.34. The molecular formula is C9H14N2O3. The van der Waals surface area contributed by atoms with Crippen molar-refractivity contribution in [2.24, 2.45) is 5.16 Å². The maximum Gasteiger partial charge on any atom is 0.296 e. The molecule has 0 spiro atoms. The van der Waals surface area contributed by atoms with E-state index in [0.29, 0.717) is 5.71 Å². The highest BCUT2D eigenvalue weighted by Gasteiger charge is 2.39. The number of unbranched alkanes of at least 4 members (excludes halogenated alkanes) is 1. The second kappa shape index (κ2) is 4.74. The molecule has 0 radical (unpaired) electrons. The van der Waals surface area contributed by atoms with E-state index in [4.69, 9.17) is 4.84 Å². The van der Waals surface area contributed by atoms with Crippen LogP contribution in [0.2, 0.25) is 0 Å². The third kappa shape index (κ3) is 2.31. The highest BCUT2D eigenvalue weighted by Crippen LogP contribution is 2.15. The summed E-state index contributed by atoms with van der Waals surface area (Å²) in [6, 6.07) is -0.817. The van der Waals surface area contributed by atoms with E-state index in [1.165, 1.54) is 0 Å². The first-order chi connectivity index (χ1) is 6.66. The molecule has 1 aliphatic heterocycles. The first kappa shape index (κ1) is 10.7. The average Bonchev–Trinajstić information content (AvgIpc) is 2.47. The van der Waals surface area contributed by atoms with E-state index >= 15 is 0 Å². The fourth-order valence-corrected chi connectivity index (χ4v) is 1.30. The van der Waals surface area contributed by atoms with Gasteiger partial charge in [0.25, 0.3) is 6.04 Å². The molecule has 0 fully saturated rings.